The second kappa shape index (κ2) is 33.4. The summed E-state index contributed by atoms with van der Waals surface area (Å²) >= 11 is 0. The molecule has 20 atom stereocenters. The summed E-state index contributed by atoms with van der Waals surface area (Å²) in [5.41, 5.74) is 12.5. The molecule has 0 aromatic heterocycles. The van der Waals surface area contributed by atoms with Crippen molar-refractivity contribution in [2.24, 2.45) is 143 Å². The van der Waals surface area contributed by atoms with Crippen molar-refractivity contribution in [3.8, 4) is 0 Å². The molecule has 0 heterocycles. The molecule has 0 saturated heterocycles. The monoisotopic (exact) mass is 1600 g/mol. The van der Waals surface area contributed by atoms with E-state index in [9.17, 15) is 49.5 Å². The molecular formula is C100H145MoO10-5. The average Bonchev–Trinajstić information content (AvgIpc) is 0.751. The van der Waals surface area contributed by atoms with Gasteiger partial charge in [-0.25, -0.2) is 0 Å². The molecule has 0 spiro atoms. The van der Waals surface area contributed by atoms with Crippen molar-refractivity contribution < 1.29 is 70.6 Å². The van der Waals surface area contributed by atoms with E-state index in [4.69, 9.17) is 0 Å². The van der Waals surface area contributed by atoms with Gasteiger partial charge in [0.25, 0.3) is 0 Å². The number of carboxylic acid groups (broad SMARTS) is 5. The van der Waals surface area contributed by atoms with Crippen LogP contribution in [-0.2, 0) is 45.0 Å². The molecule has 0 bridgehead atoms. The molecule has 0 radical (unpaired) electrons. The zero-order chi connectivity index (χ0) is 80.6. The Labute approximate surface area is 686 Å². The van der Waals surface area contributed by atoms with E-state index in [2.05, 4.69) is 165 Å². The summed E-state index contributed by atoms with van der Waals surface area (Å²) in [4.78, 5) is 59.2. The minimum Gasteiger partial charge on any atom is -0.550 e. The average molecular weight is 1600 g/mol. The fraction of sp³-hybridized carbons (Fsp3) is 0.750. The Morgan fingerprint density at radius 2 is 0.414 bits per heavy atom. The maximum atomic E-state index is 11.8. The Morgan fingerprint density at radius 1 is 0.270 bits per heavy atom. The van der Waals surface area contributed by atoms with Gasteiger partial charge in [0.2, 0.25) is 0 Å². The van der Waals surface area contributed by atoms with Crippen LogP contribution in [0.4, 0.5) is 0 Å². The SMILES string of the molecule is CC(C)C1=CC2=CC[C@@H]3[C@](C)(CCC[C@@]3(C)C(=O)[O-])[C@H]2CC1.CC(C)C1=CC2=CC[C@@H]3[C@](C)(CCC[C@@]3(C)C(=O)[O-])[C@H]2CC1.CC(C)C1=CC2=CC[C@@H]3[C@](C)(CCC[C@@]3(C)C(=O)[O-])[C@H]2CC1.CC(C)C1=CC2=CC[C@@H]3[C@](C)(CCC[C@@]3(C)C(=O)[O-])[C@H]2CC1.CC(C)C1=CC2=CC[C@@H]3[C@](C)(CCC[C@@]3(C)C(=O)[O-])[C@H]2CC1.[Mo]. The Bertz CT molecular complexity index is 3290. The predicted molar refractivity (Wildman–Crippen MR) is 435 cm³/mol. The van der Waals surface area contributed by atoms with Crippen LogP contribution < -0.4 is 25.5 Å². The molecule has 5 saturated carbocycles. The van der Waals surface area contributed by atoms with Gasteiger partial charge in [0.05, 0.1) is 0 Å². The number of fused-ring (bicyclic) bond motifs is 15. The van der Waals surface area contributed by atoms with E-state index in [1.54, 1.807) is 27.9 Å². The Morgan fingerprint density at radius 3 is 0.541 bits per heavy atom. The normalized spacial score (nSPS) is 40.9. The van der Waals surface area contributed by atoms with Gasteiger partial charge in [0.1, 0.15) is 0 Å². The molecule has 5 fully saturated rings. The van der Waals surface area contributed by atoms with Crippen molar-refractivity contribution in [3.63, 3.8) is 0 Å². The smallest absolute Gasteiger partial charge is 0.0476 e. The summed E-state index contributed by atoms with van der Waals surface area (Å²) < 4.78 is 0. The molecule has 0 aliphatic heterocycles. The van der Waals surface area contributed by atoms with E-state index in [0.29, 0.717) is 59.2 Å². The minimum absolute atomic E-state index is 0. The van der Waals surface area contributed by atoms with Crippen molar-refractivity contribution in [1.82, 2.24) is 0 Å². The number of hydrogen-bond acceptors (Lipinski definition) is 10. The largest absolute Gasteiger partial charge is 0.550 e. The standard InChI is InChI=1S/5C20H30O2.Mo/c5*1-13(2)14-6-8-16-15(12-14)7-9-17-19(16,3)10-5-11-20(17,4)18(21)22;/h5*7,12-13,16-17H,5-6,8-11H2,1-4H3,(H,21,22);/p-5/t5*16-,17+,19+,20+;/m00000./s1. The minimum atomic E-state index is -0.838. The maximum Gasteiger partial charge on any atom is 0.0476 e. The topological polar surface area (TPSA) is 201 Å². The number of carbonyl (C=O) groups is 5. The first kappa shape index (κ1) is 88.8. The van der Waals surface area contributed by atoms with Crippen LogP contribution in [0.3, 0.4) is 0 Å². The van der Waals surface area contributed by atoms with Crippen LogP contribution >= 0.6 is 0 Å². The summed E-state index contributed by atoms with van der Waals surface area (Å²) in [6, 6.07) is 0. The van der Waals surface area contributed by atoms with Crippen LogP contribution in [0.25, 0.3) is 0 Å². The number of aliphatic carboxylic acids is 5. The van der Waals surface area contributed by atoms with E-state index >= 15 is 0 Å². The Balaban J connectivity index is 0.000000147. The van der Waals surface area contributed by atoms with Crippen LogP contribution in [-0.4, -0.2) is 29.8 Å². The molecule has 111 heavy (non-hydrogen) atoms. The molecule has 10 nitrogen and oxygen atoms in total. The number of allylic oxidation sites excluding steroid dienone is 20. The third-order valence-electron chi connectivity index (χ3n) is 35.2. The van der Waals surface area contributed by atoms with Gasteiger partial charge in [0.15, 0.2) is 0 Å². The van der Waals surface area contributed by atoms with Gasteiger partial charge in [-0.1, -0.05) is 259 Å². The molecule has 616 valence electrons. The summed E-state index contributed by atoms with van der Waals surface area (Å²) in [5, 5.41) is 59.2. The molecule has 15 aliphatic carbocycles. The van der Waals surface area contributed by atoms with Crippen molar-refractivity contribution in [3.05, 3.63) is 116 Å². The molecule has 0 amide bonds. The van der Waals surface area contributed by atoms with Gasteiger partial charge < -0.3 is 49.5 Å². The van der Waals surface area contributed by atoms with Crippen molar-refractivity contribution in [2.75, 3.05) is 0 Å². The molecule has 15 rings (SSSR count). The maximum absolute atomic E-state index is 11.8. The summed E-state index contributed by atoms with van der Waals surface area (Å²) in [6.07, 6.45) is 54.8. The van der Waals surface area contributed by atoms with Crippen LogP contribution in [0, 0.1) is 143 Å². The number of hydrogen-bond donors (Lipinski definition) is 0. The third-order valence-corrected chi connectivity index (χ3v) is 35.2. The Hall–Kier alpha value is -4.56. The third kappa shape index (κ3) is 16.0. The molecule has 0 aromatic carbocycles. The van der Waals surface area contributed by atoms with Gasteiger partial charge in [0, 0.05) is 78.0 Å². The van der Waals surface area contributed by atoms with Crippen LogP contribution in [0.1, 0.15) is 331 Å². The van der Waals surface area contributed by atoms with Crippen LogP contribution in [0.5, 0.6) is 0 Å². The first-order valence-electron chi connectivity index (χ1n) is 44.5. The molecule has 0 N–H and O–H groups in total. The fourth-order valence-electron chi connectivity index (χ4n) is 27.9. The molecule has 0 aromatic rings. The second-order valence-electron chi connectivity index (χ2n) is 42.6. The van der Waals surface area contributed by atoms with Gasteiger partial charge in [-0.15, -0.1) is 0 Å². The van der Waals surface area contributed by atoms with Crippen molar-refractivity contribution in [2.45, 2.75) is 331 Å². The van der Waals surface area contributed by atoms with E-state index < -0.39 is 56.9 Å². The summed E-state index contributed by atoms with van der Waals surface area (Å²) in [5.74, 6) is 2.69. The predicted octanol–water partition coefficient (Wildman–Crippen LogP) is 19.4. The van der Waals surface area contributed by atoms with E-state index in [1.807, 2.05) is 34.6 Å². The Kier molecular flexibility index (Phi) is 26.8. The second-order valence-corrected chi connectivity index (χ2v) is 42.6. The van der Waals surface area contributed by atoms with E-state index in [1.165, 1.54) is 92.1 Å². The molecule has 0 unspecified atom stereocenters. The summed E-state index contributed by atoms with van der Waals surface area (Å²) in [6.45, 7) is 44.1. The van der Waals surface area contributed by atoms with E-state index in [-0.39, 0.29) is 77.7 Å². The zero-order valence-electron chi connectivity index (χ0n) is 72.6. The zero-order valence-corrected chi connectivity index (χ0v) is 74.6. The number of carboxylic acids is 5. The molecule has 11 heteroatoms. The van der Waals surface area contributed by atoms with Crippen LogP contribution in [0.15, 0.2) is 116 Å². The number of rotatable bonds is 10. The van der Waals surface area contributed by atoms with Gasteiger partial charge in [-0.3, -0.25) is 0 Å². The summed E-state index contributed by atoms with van der Waals surface area (Å²) in [7, 11) is 0. The molecule has 15 aliphatic rings. The van der Waals surface area contributed by atoms with Gasteiger partial charge >= 0.3 is 0 Å². The van der Waals surface area contributed by atoms with Gasteiger partial charge in [-0.05, 0) is 304 Å². The van der Waals surface area contributed by atoms with E-state index in [0.717, 1.165) is 128 Å². The quantitative estimate of drug-likeness (QED) is 0.189. The van der Waals surface area contributed by atoms with Crippen LogP contribution in [0.2, 0.25) is 0 Å². The van der Waals surface area contributed by atoms with Crippen molar-refractivity contribution in [1.29, 1.82) is 0 Å². The first-order valence-corrected chi connectivity index (χ1v) is 44.5. The van der Waals surface area contributed by atoms with Crippen molar-refractivity contribution >= 4 is 29.8 Å². The van der Waals surface area contributed by atoms with Gasteiger partial charge in [-0.2, -0.15) is 0 Å². The number of carbonyl (C=O) groups excluding carboxylic acids is 5. The fourth-order valence-corrected chi connectivity index (χ4v) is 27.9. The molecular weight excluding hydrogens is 1460 g/mol. The first-order chi connectivity index (χ1) is 51.4.